The largest absolute Gasteiger partial charge is 0.365 e. The summed E-state index contributed by atoms with van der Waals surface area (Å²) in [6.07, 6.45) is 1.84. The van der Waals surface area contributed by atoms with Crippen LogP contribution in [0.5, 0.6) is 0 Å². The lowest BCUT2D eigenvalue weighted by atomic mass is 10.0. The quantitative estimate of drug-likeness (QED) is 0.854. The molecule has 0 bridgehead atoms. The summed E-state index contributed by atoms with van der Waals surface area (Å²) >= 11 is 0. The van der Waals surface area contributed by atoms with Crippen molar-refractivity contribution in [2.75, 3.05) is 25.5 Å². The zero-order valence-electron chi connectivity index (χ0n) is 14.5. The number of amides is 1. The average Bonchev–Trinajstić information content (AvgIpc) is 2.65. The molecular weight excluding hydrogens is 340 g/mol. The van der Waals surface area contributed by atoms with Crippen LogP contribution in [-0.2, 0) is 6.54 Å². The number of carbonyl (C=O) groups is 1. The van der Waals surface area contributed by atoms with E-state index in [1.807, 2.05) is 4.90 Å². The van der Waals surface area contributed by atoms with Crippen LogP contribution in [0.4, 0.5) is 14.6 Å². The molecule has 2 heterocycles. The number of aromatic nitrogens is 2. The van der Waals surface area contributed by atoms with Crippen LogP contribution < -0.4 is 10.6 Å². The monoisotopic (exact) mass is 361 g/mol. The summed E-state index contributed by atoms with van der Waals surface area (Å²) in [5, 5.41) is 13.7. The lowest BCUT2D eigenvalue weighted by Crippen LogP contribution is -2.42. The highest BCUT2D eigenvalue weighted by molar-refractivity contribution is 5.91. The minimum Gasteiger partial charge on any atom is -0.365 e. The maximum absolute atomic E-state index is 13.8. The number of likely N-dealkylation sites (tertiary alicyclic amines) is 1. The van der Waals surface area contributed by atoms with E-state index in [2.05, 4.69) is 20.8 Å². The Balaban J connectivity index is 1.61. The number of rotatable bonds is 5. The van der Waals surface area contributed by atoms with Gasteiger partial charge in [-0.15, -0.1) is 10.2 Å². The normalized spacial score (nSPS) is 17.7. The van der Waals surface area contributed by atoms with E-state index in [-0.39, 0.29) is 29.8 Å². The highest BCUT2D eigenvalue weighted by Gasteiger charge is 2.22. The molecule has 1 unspecified atom stereocenters. The van der Waals surface area contributed by atoms with Gasteiger partial charge in [-0.3, -0.25) is 9.69 Å². The zero-order chi connectivity index (χ0) is 18.5. The molecule has 2 N–H and O–H groups in total. The molecule has 1 aromatic heterocycles. The van der Waals surface area contributed by atoms with Crippen molar-refractivity contribution in [2.45, 2.75) is 25.4 Å². The van der Waals surface area contributed by atoms with Gasteiger partial charge in [0.1, 0.15) is 17.5 Å². The van der Waals surface area contributed by atoms with Crippen LogP contribution in [0.3, 0.4) is 0 Å². The summed E-state index contributed by atoms with van der Waals surface area (Å²) in [5.74, 6) is -0.757. The number of hydrogen-bond acceptors (Lipinski definition) is 5. The molecule has 1 aliphatic heterocycles. The fourth-order valence-corrected chi connectivity index (χ4v) is 3.09. The first-order valence-corrected chi connectivity index (χ1v) is 8.54. The lowest BCUT2D eigenvalue weighted by molar-refractivity contribution is 0.0957. The Hall–Kier alpha value is -2.61. The Morgan fingerprint density at radius 2 is 2.00 bits per heavy atom. The van der Waals surface area contributed by atoms with Gasteiger partial charge >= 0.3 is 0 Å². The van der Waals surface area contributed by atoms with Crippen molar-refractivity contribution >= 4 is 11.7 Å². The van der Waals surface area contributed by atoms with Crippen molar-refractivity contribution in [1.29, 1.82) is 0 Å². The molecule has 1 amide bonds. The summed E-state index contributed by atoms with van der Waals surface area (Å²) in [6, 6.07) is 7.33. The van der Waals surface area contributed by atoms with Gasteiger partial charge in [0, 0.05) is 31.7 Å². The molecule has 3 rings (SSSR count). The molecule has 0 aliphatic carbocycles. The molecule has 1 saturated heterocycles. The highest BCUT2D eigenvalue weighted by Crippen LogP contribution is 2.20. The van der Waals surface area contributed by atoms with E-state index in [0.29, 0.717) is 12.4 Å². The molecule has 0 spiro atoms. The van der Waals surface area contributed by atoms with Gasteiger partial charge in [0.15, 0.2) is 5.69 Å². The number of nitrogens with zero attached hydrogens (tertiary/aromatic N) is 3. The molecule has 2 aromatic rings. The number of anilines is 1. The van der Waals surface area contributed by atoms with Gasteiger partial charge in [0.25, 0.3) is 5.91 Å². The molecule has 8 heteroatoms. The fraction of sp³-hybridized carbons (Fsp3) is 0.389. The average molecular weight is 361 g/mol. The first-order valence-electron chi connectivity index (χ1n) is 8.54. The van der Waals surface area contributed by atoms with E-state index in [1.54, 1.807) is 12.1 Å². The van der Waals surface area contributed by atoms with Gasteiger partial charge in [-0.2, -0.15) is 0 Å². The molecule has 1 aromatic carbocycles. The van der Waals surface area contributed by atoms with Crippen molar-refractivity contribution < 1.29 is 13.6 Å². The van der Waals surface area contributed by atoms with E-state index in [9.17, 15) is 13.6 Å². The van der Waals surface area contributed by atoms with Crippen molar-refractivity contribution in [2.24, 2.45) is 0 Å². The molecule has 0 saturated carbocycles. The Labute approximate surface area is 150 Å². The Morgan fingerprint density at radius 3 is 2.65 bits per heavy atom. The number of halogens is 2. The molecular formula is C18H21F2N5O. The predicted octanol–water partition coefficient (Wildman–Crippen LogP) is 2.19. The maximum Gasteiger partial charge on any atom is 0.271 e. The van der Waals surface area contributed by atoms with Crippen LogP contribution in [-0.4, -0.2) is 47.2 Å². The second kappa shape index (κ2) is 8.18. The van der Waals surface area contributed by atoms with Crippen LogP contribution in [0.1, 0.15) is 28.9 Å². The second-order valence-electron chi connectivity index (χ2n) is 6.30. The number of benzene rings is 1. The highest BCUT2D eigenvalue weighted by atomic mass is 19.1. The smallest absolute Gasteiger partial charge is 0.271 e. The minimum atomic E-state index is -0.518. The van der Waals surface area contributed by atoms with Crippen LogP contribution in [0.25, 0.3) is 0 Å². The zero-order valence-corrected chi connectivity index (χ0v) is 14.5. The Morgan fingerprint density at radius 1 is 1.23 bits per heavy atom. The third-order valence-electron chi connectivity index (χ3n) is 4.43. The Kier molecular flexibility index (Phi) is 5.72. The summed E-state index contributed by atoms with van der Waals surface area (Å²) in [4.78, 5) is 13.5. The number of carbonyl (C=O) groups excluding carboxylic acids is 1. The van der Waals surface area contributed by atoms with Crippen molar-refractivity contribution in [3.63, 3.8) is 0 Å². The summed E-state index contributed by atoms with van der Waals surface area (Å²) in [7, 11) is 1.53. The summed E-state index contributed by atoms with van der Waals surface area (Å²) in [5.41, 5.74) is 0.348. The summed E-state index contributed by atoms with van der Waals surface area (Å²) in [6.45, 7) is 1.66. The van der Waals surface area contributed by atoms with Gasteiger partial charge in [-0.1, -0.05) is 6.07 Å². The molecule has 26 heavy (non-hydrogen) atoms. The third kappa shape index (κ3) is 4.32. The van der Waals surface area contributed by atoms with Gasteiger partial charge in [0.2, 0.25) is 0 Å². The van der Waals surface area contributed by atoms with E-state index in [0.717, 1.165) is 19.4 Å². The van der Waals surface area contributed by atoms with E-state index < -0.39 is 11.6 Å². The van der Waals surface area contributed by atoms with Crippen molar-refractivity contribution in [3.8, 4) is 0 Å². The predicted molar refractivity (Wildman–Crippen MR) is 93.7 cm³/mol. The van der Waals surface area contributed by atoms with Crippen LogP contribution >= 0.6 is 0 Å². The van der Waals surface area contributed by atoms with Crippen molar-refractivity contribution in [3.05, 3.63) is 53.2 Å². The van der Waals surface area contributed by atoms with Gasteiger partial charge < -0.3 is 10.6 Å². The third-order valence-corrected chi connectivity index (χ3v) is 4.43. The van der Waals surface area contributed by atoms with Crippen molar-refractivity contribution in [1.82, 2.24) is 20.4 Å². The van der Waals surface area contributed by atoms with Gasteiger partial charge in [-0.05, 0) is 43.7 Å². The SMILES string of the molecule is CNC(=O)c1ccc(NC2CCCN(Cc3c(F)cccc3F)C2)nn1. The number of nitrogens with one attached hydrogen (secondary N) is 2. The van der Waals surface area contributed by atoms with Crippen LogP contribution in [0.15, 0.2) is 30.3 Å². The molecule has 1 atom stereocenters. The summed E-state index contributed by atoms with van der Waals surface area (Å²) < 4.78 is 27.7. The Bertz CT molecular complexity index is 748. The second-order valence-corrected chi connectivity index (χ2v) is 6.30. The standard InChI is InChI=1S/C18H21F2N5O/c1-21-18(26)16-7-8-17(24-23-16)22-12-4-3-9-25(10-12)11-13-14(19)5-2-6-15(13)20/h2,5-8,12H,3-4,9-11H2,1H3,(H,21,26)(H,22,24). The first-order chi connectivity index (χ1) is 12.6. The van der Waals surface area contributed by atoms with E-state index in [1.165, 1.54) is 25.2 Å². The fourth-order valence-electron chi connectivity index (χ4n) is 3.09. The topological polar surface area (TPSA) is 70.2 Å². The van der Waals surface area contributed by atoms with Gasteiger partial charge in [0.05, 0.1) is 0 Å². The van der Waals surface area contributed by atoms with E-state index >= 15 is 0 Å². The molecule has 138 valence electrons. The maximum atomic E-state index is 13.8. The van der Waals surface area contributed by atoms with Gasteiger partial charge in [-0.25, -0.2) is 8.78 Å². The number of piperidine rings is 1. The van der Waals surface area contributed by atoms with Crippen LogP contribution in [0, 0.1) is 11.6 Å². The van der Waals surface area contributed by atoms with E-state index in [4.69, 9.17) is 0 Å². The van der Waals surface area contributed by atoms with Crippen LogP contribution in [0.2, 0.25) is 0 Å². The molecule has 1 fully saturated rings. The minimum absolute atomic E-state index is 0.0961. The molecule has 0 radical (unpaired) electrons. The molecule has 1 aliphatic rings. The lowest BCUT2D eigenvalue weighted by Gasteiger charge is -2.33. The molecule has 6 nitrogen and oxygen atoms in total. The first kappa shape index (κ1) is 18.2. The number of hydrogen-bond donors (Lipinski definition) is 2.